The Morgan fingerprint density at radius 1 is 1.39 bits per heavy atom. The summed E-state index contributed by atoms with van der Waals surface area (Å²) >= 11 is 0. The van der Waals surface area contributed by atoms with E-state index in [4.69, 9.17) is 5.11 Å². The van der Waals surface area contributed by atoms with Gasteiger partial charge in [-0.25, -0.2) is 0 Å². The maximum absolute atomic E-state index is 11.1. The first-order valence-corrected chi connectivity index (χ1v) is 6.43. The maximum Gasteiger partial charge on any atom is 0.310 e. The Bertz CT molecular complexity index is 639. The van der Waals surface area contributed by atoms with Gasteiger partial charge in [-0.05, 0) is 49.9 Å². The number of carbonyl (C=O) groups is 1. The highest BCUT2D eigenvalue weighted by Crippen LogP contribution is 2.32. The molecule has 1 N–H and O–H groups in total. The Kier molecular flexibility index (Phi) is 2.44. The Morgan fingerprint density at radius 3 is 2.89 bits per heavy atom. The summed E-state index contributed by atoms with van der Waals surface area (Å²) in [5, 5.41) is 10.3. The summed E-state index contributed by atoms with van der Waals surface area (Å²) in [5.41, 5.74) is 4.80. The third-order valence-corrected chi connectivity index (χ3v) is 4.00. The zero-order valence-electron chi connectivity index (χ0n) is 10.7. The van der Waals surface area contributed by atoms with E-state index in [-0.39, 0.29) is 0 Å². The Labute approximate surface area is 106 Å². The molecule has 1 aromatic carbocycles. The summed E-state index contributed by atoms with van der Waals surface area (Å²) in [6, 6.07) is 6.28. The number of hydrogen-bond acceptors (Lipinski definition) is 1. The second-order valence-corrected chi connectivity index (χ2v) is 5.22. The van der Waals surface area contributed by atoms with Gasteiger partial charge in [0.25, 0.3) is 0 Å². The van der Waals surface area contributed by atoms with Crippen molar-refractivity contribution in [1.82, 2.24) is 4.57 Å². The van der Waals surface area contributed by atoms with Crippen LogP contribution in [-0.2, 0) is 17.8 Å². The van der Waals surface area contributed by atoms with Crippen molar-refractivity contribution in [2.24, 2.45) is 0 Å². The number of rotatable bonds is 2. The van der Waals surface area contributed by atoms with Gasteiger partial charge in [0, 0.05) is 17.6 Å². The summed E-state index contributed by atoms with van der Waals surface area (Å²) in [5.74, 6) is -1.19. The summed E-state index contributed by atoms with van der Waals surface area (Å²) < 4.78 is 2.35. The van der Waals surface area contributed by atoms with Gasteiger partial charge in [0.15, 0.2) is 0 Å². The average molecular weight is 243 g/mol. The number of carboxylic acid groups (broad SMARTS) is 1. The molecule has 0 saturated heterocycles. The SMILES string of the molecule is Cc1cc2cc(C(C)C(=O)O)cc3c2n1CCC3. The van der Waals surface area contributed by atoms with E-state index in [1.807, 2.05) is 6.07 Å². The van der Waals surface area contributed by atoms with Gasteiger partial charge >= 0.3 is 5.97 Å². The van der Waals surface area contributed by atoms with Crippen LogP contribution in [0.4, 0.5) is 0 Å². The lowest BCUT2D eigenvalue weighted by atomic mass is 9.94. The quantitative estimate of drug-likeness (QED) is 0.880. The van der Waals surface area contributed by atoms with Gasteiger partial charge in [-0.1, -0.05) is 6.07 Å². The zero-order valence-corrected chi connectivity index (χ0v) is 10.7. The largest absolute Gasteiger partial charge is 0.481 e. The van der Waals surface area contributed by atoms with Gasteiger partial charge < -0.3 is 9.67 Å². The van der Waals surface area contributed by atoms with Crippen LogP contribution in [0.15, 0.2) is 18.2 Å². The van der Waals surface area contributed by atoms with Crippen LogP contribution in [0.1, 0.15) is 36.1 Å². The van der Waals surface area contributed by atoms with E-state index >= 15 is 0 Å². The van der Waals surface area contributed by atoms with E-state index in [9.17, 15) is 4.79 Å². The van der Waals surface area contributed by atoms with Crippen LogP contribution in [0.3, 0.4) is 0 Å². The van der Waals surface area contributed by atoms with E-state index in [0.717, 1.165) is 24.9 Å². The lowest BCUT2D eigenvalue weighted by molar-refractivity contribution is -0.138. The van der Waals surface area contributed by atoms with Crippen molar-refractivity contribution >= 4 is 16.9 Å². The molecule has 1 aliphatic heterocycles. The summed E-state index contributed by atoms with van der Waals surface area (Å²) in [4.78, 5) is 11.1. The zero-order chi connectivity index (χ0) is 12.9. The van der Waals surface area contributed by atoms with Crippen LogP contribution < -0.4 is 0 Å². The van der Waals surface area contributed by atoms with Gasteiger partial charge in [-0.2, -0.15) is 0 Å². The minimum absolute atomic E-state index is 0.434. The molecule has 3 nitrogen and oxygen atoms in total. The molecule has 0 fully saturated rings. The fourth-order valence-electron chi connectivity index (χ4n) is 2.96. The molecule has 94 valence electrons. The molecule has 0 aliphatic carbocycles. The lowest BCUT2D eigenvalue weighted by Crippen LogP contribution is -2.11. The minimum Gasteiger partial charge on any atom is -0.481 e. The predicted molar refractivity (Wildman–Crippen MR) is 71.0 cm³/mol. The second-order valence-electron chi connectivity index (χ2n) is 5.22. The number of aromatic nitrogens is 1. The highest BCUT2D eigenvalue weighted by atomic mass is 16.4. The van der Waals surface area contributed by atoms with Gasteiger partial charge in [-0.15, -0.1) is 0 Å². The van der Waals surface area contributed by atoms with E-state index in [1.54, 1.807) is 6.92 Å². The average Bonchev–Trinajstić information content (AvgIpc) is 2.67. The van der Waals surface area contributed by atoms with Gasteiger partial charge in [0.1, 0.15) is 0 Å². The van der Waals surface area contributed by atoms with E-state index in [0.29, 0.717) is 0 Å². The third-order valence-electron chi connectivity index (χ3n) is 4.00. The van der Waals surface area contributed by atoms with Gasteiger partial charge in [0.05, 0.1) is 11.4 Å². The maximum atomic E-state index is 11.1. The number of nitrogens with zero attached hydrogens (tertiary/aromatic N) is 1. The molecule has 0 bridgehead atoms. The Balaban J connectivity index is 2.25. The van der Waals surface area contributed by atoms with Crippen LogP contribution >= 0.6 is 0 Å². The highest BCUT2D eigenvalue weighted by Gasteiger charge is 2.20. The lowest BCUT2D eigenvalue weighted by Gasteiger charge is -2.19. The molecular weight excluding hydrogens is 226 g/mol. The molecule has 18 heavy (non-hydrogen) atoms. The molecule has 2 heterocycles. The van der Waals surface area contributed by atoms with Crippen LogP contribution in [0.25, 0.3) is 10.9 Å². The van der Waals surface area contributed by atoms with Crippen molar-refractivity contribution in [2.45, 2.75) is 39.2 Å². The van der Waals surface area contributed by atoms with Crippen molar-refractivity contribution < 1.29 is 9.90 Å². The second kappa shape index (κ2) is 3.87. The molecule has 0 saturated carbocycles. The van der Waals surface area contributed by atoms with Gasteiger partial charge in [-0.3, -0.25) is 4.79 Å². The van der Waals surface area contributed by atoms with E-state index in [1.165, 1.54) is 22.2 Å². The highest BCUT2D eigenvalue weighted by molar-refractivity contribution is 5.87. The normalized spacial score (nSPS) is 15.9. The molecule has 1 aromatic heterocycles. The molecule has 0 radical (unpaired) electrons. The van der Waals surface area contributed by atoms with Gasteiger partial charge in [0.2, 0.25) is 0 Å². The molecule has 1 aliphatic rings. The Morgan fingerprint density at radius 2 is 2.17 bits per heavy atom. The fourth-order valence-corrected chi connectivity index (χ4v) is 2.96. The fraction of sp³-hybridized carbons (Fsp3) is 0.400. The van der Waals surface area contributed by atoms with Crippen LogP contribution in [-0.4, -0.2) is 15.6 Å². The number of hydrogen-bond donors (Lipinski definition) is 1. The van der Waals surface area contributed by atoms with Crippen molar-refractivity contribution in [2.75, 3.05) is 0 Å². The third kappa shape index (κ3) is 1.54. The molecular formula is C15H17NO2. The molecule has 3 rings (SSSR count). The molecule has 1 unspecified atom stereocenters. The number of aryl methyl sites for hydroxylation is 3. The van der Waals surface area contributed by atoms with E-state index < -0.39 is 11.9 Å². The topological polar surface area (TPSA) is 42.2 Å². The Hall–Kier alpha value is -1.77. The number of aliphatic carboxylic acids is 1. The van der Waals surface area contributed by atoms with Crippen molar-refractivity contribution in [3.63, 3.8) is 0 Å². The first-order chi connectivity index (χ1) is 8.58. The molecule has 0 spiro atoms. The first kappa shape index (κ1) is 11.3. The molecule has 1 atom stereocenters. The van der Waals surface area contributed by atoms with Crippen molar-refractivity contribution in [1.29, 1.82) is 0 Å². The molecule has 3 heteroatoms. The van der Waals surface area contributed by atoms with Crippen LogP contribution in [0.2, 0.25) is 0 Å². The monoisotopic (exact) mass is 243 g/mol. The summed E-state index contributed by atoms with van der Waals surface area (Å²) in [6.07, 6.45) is 2.20. The minimum atomic E-state index is -0.756. The number of benzene rings is 1. The summed E-state index contributed by atoms with van der Waals surface area (Å²) in [7, 11) is 0. The van der Waals surface area contributed by atoms with Crippen molar-refractivity contribution in [3.05, 3.63) is 35.0 Å². The predicted octanol–water partition coefficient (Wildman–Crippen LogP) is 3.08. The first-order valence-electron chi connectivity index (χ1n) is 6.43. The van der Waals surface area contributed by atoms with Crippen LogP contribution in [0, 0.1) is 6.92 Å². The summed E-state index contributed by atoms with van der Waals surface area (Å²) in [6.45, 7) is 4.95. The van der Waals surface area contributed by atoms with Crippen LogP contribution in [0.5, 0.6) is 0 Å². The molecule has 0 amide bonds. The van der Waals surface area contributed by atoms with Crippen molar-refractivity contribution in [3.8, 4) is 0 Å². The number of carboxylic acids is 1. The molecule has 2 aromatic rings. The van der Waals surface area contributed by atoms with E-state index in [2.05, 4.69) is 23.6 Å². The smallest absolute Gasteiger partial charge is 0.310 e. The standard InChI is InChI=1S/C15H17NO2/c1-9-6-13-8-12(10(2)15(17)18)7-11-4-3-5-16(9)14(11)13/h6-8,10H,3-5H2,1-2H3,(H,17,18).